The van der Waals surface area contributed by atoms with E-state index in [9.17, 15) is 0 Å². The summed E-state index contributed by atoms with van der Waals surface area (Å²) in [4.78, 5) is 4.36. The Kier molecular flexibility index (Phi) is 2.23. The molecule has 0 atom stereocenters. The van der Waals surface area contributed by atoms with Gasteiger partial charge < -0.3 is 10.2 Å². The zero-order valence-corrected chi connectivity index (χ0v) is 9.16. The second-order valence-corrected chi connectivity index (χ2v) is 3.73. The quantitative estimate of drug-likeness (QED) is 0.723. The van der Waals surface area contributed by atoms with Crippen molar-refractivity contribution in [3.8, 4) is 11.5 Å². The third-order valence-corrected chi connectivity index (χ3v) is 2.51. The summed E-state index contributed by atoms with van der Waals surface area (Å²) < 4.78 is 5.57. The molecule has 0 spiro atoms. The van der Waals surface area contributed by atoms with E-state index in [1.165, 1.54) is 0 Å². The first kappa shape index (κ1) is 9.77. The molecule has 0 bridgehead atoms. The number of aryl methyl sites for hydroxylation is 3. The van der Waals surface area contributed by atoms with Gasteiger partial charge in [0.15, 0.2) is 0 Å². The van der Waals surface area contributed by atoms with Gasteiger partial charge >= 0.3 is 0 Å². The van der Waals surface area contributed by atoms with Crippen molar-refractivity contribution in [1.82, 2.24) is 4.98 Å². The molecule has 1 aromatic heterocycles. The van der Waals surface area contributed by atoms with E-state index in [1.54, 1.807) is 0 Å². The zero-order chi connectivity index (χ0) is 11.0. The number of oxazole rings is 1. The Morgan fingerprint density at radius 3 is 2.47 bits per heavy atom. The summed E-state index contributed by atoms with van der Waals surface area (Å²) in [6.07, 6.45) is 0. The van der Waals surface area contributed by atoms with Gasteiger partial charge in [-0.25, -0.2) is 4.98 Å². The monoisotopic (exact) mass is 202 g/mol. The van der Waals surface area contributed by atoms with E-state index in [2.05, 4.69) is 4.98 Å². The molecule has 0 unspecified atom stereocenters. The topological polar surface area (TPSA) is 52.0 Å². The van der Waals surface area contributed by atoms with Gasteiger partial charge in [0.2, 0.25) is 5.89 Å². The first-order chi connectivity index (χ1) is 7.08. The van der Waals surface area contributed by atoms with E-state index in [1.807, 2.05) is 39.0 Å². The van der Waals surface area contributed by atoms with Crippen LogP contribution in [0.25, 0.3) is 11.5 Å². The second-order valence-electron chi connectivity index (χ2n) is 3.73. The summed E-state index contributed by atoms with van der Waals surface area (Å²) in [5.41, 5.74) is 9.46. The number of hydrogen-bond acceptors (Lipinski definition) is 3. The lowest BCUT2D eigenvalue weighted by molar-refractivity contribution is 0.540. The molecule has 3 nitrogen and oxygen atoms in total. The fraction of sp³-hybridized carbons (Fsp3) is 0.250. The smallest absolute Gasteiger partial charge is 0.226 e. The van der Waals surface area contributed by atoms with E-state index in [0.29, 0.717) is 5.89 Å². The van der Waals surface area contributed by atoms with Crippen molar-refractivity contribution in [2.24, 2.45) is 0 Å². The molecule has 0 fully saturated rings. The molecule has 0 saturated carbocycles. The maximum Gasteiger partial charge on any atom is 0.226 e. The van der Waals surface area contributed by atoms with Gasteiger partial charge in [-0.1, -0.05) is 0 Å². The lowest BCUT2D eigenvalue weighted by Gasteiger charge is -2.01. The number of nitrogens with two attached hydrogens (primary N) is 1. The van der Waals surface area contributed by atoms with Crippen molar-refractivity contribution in [3.63, 3.8) is 0 Å². The van der Waals surface area contributed by atoms with Gasteiger partial charge in [0.25, 0.3) is 0 Å². The van der Waals surface area contributed by atoms with Crippen LogP contribution in [-0.4, -0.2) is 4.98 Å². The molecular weight excluding hydrogens is 188 g/mol. The Morgan fingerprint density at radius 2 is 1.93 bits per heavy atom. The summed E-state index contributed by atoms with van der Waals surface area (Å²) in [5, 5.41) is 0. The van der Waals surface area contributed by atoms with Crippen molar-refractivity contribution in [2.75, 3.05) is 5.73 Å². The average molecular weight is 202 g/mol. The molecule has 2 N–H and O–H groups in total. The van der Waals surface area contributed by atoms with E-state index >= 15 is 0 Å². The molecule has 0 aliphatic heterocycles. The Morgan fingerprint density at radius 1 is 1.20 bits per heavy atom. The minimum atomic E-state index is 0.669. The number of anilines is 1. The zero-order valence-electron chi connectivity index (χ0n) is 9.16. The molecular formula is C12H14N2O. The summed E-state index contributed by atoms with van der Waals surface area (Å²) in [5.74, 6) is 1.53. The van der Waals surface area contributed by atoms with Crippen LogP contribution in [0.5, 0.6) is 0 Å². The van der Waals surface area contributed by atoms with Gasteiger partial charge in [-0.15, -0.1) is 0 Å². The lowest BCUT2D eigenvalue weighted by atomic mass is 10.1. The largest absolute Gasteiger partial charge is 0.441 e. The van der Waals surface area contributed by atoms with E-state index in [0.717, 1.165) is 28.3 Å². The van der Waals surface area contributed by atoms with Crippen LogP contribution in [0.2, 0.25) is 0 Å². The molecule has 2 rings (SSSR count). The Hall–Kier alpha value is -1.77. The van der Waals surface area contributed by atoms with Crippen molar-refractivity contribution < 1.29 is 4.42 Å². The highest BCUT2D eigenvalue weighted by molar-refractivity contribution is 5.62. The third kappa shape index (κ3) is 1.73. The fourth-order valence-electron chi connectivity index (χ4n) is 1.51. The lowest BCUT2D eigenvalue weighted by Crippen LogP contribution is -1.88. The van der Waals surface area contributed by atoms with Gasteiger partial charge in [0.1, 0.15) is 5.76 Å². The molecule has 1 heterocycles. The summed E-state index contributed by atoms with van der Waals surface area (Å²) >= 11 is 0. The van der Waals surface area contributed by atoms with Crippen molar-refractivity contribution in [3.05, 3.63) is 35.2 Å². The van der Waals surface area contributed by atoms with Crippen LogP contribution in [-0.2, 0) is 0 Å². The molecule has 0 amide bonds. The summed E-state index contributed by atoms with van der Waals surface area (Å²) in [6.45, 7) is 5.86. The predicted molar refractivity (Wildman–Crippen MR) is 60.6 cm³/mol. The molecule has 1 aromatic carbocycles. The fourth-order valence-corrected chi connectivity index (χ4v) is 1.51. The first-order valence-corrected chi connectivity index (χ1v) is 4.88. The number of nitrogen functional groups attached to an aromatic ring is 1. The van der Waals surface area contributed by atoms with Gasteiger partial charge in [-0.2, -0.15) is 0 Å². The minimum absolute atomic E-state index is 0.669. The van der Waals surface area contributed by atoms with Gasteiger partial charge in [0.05, 0.1) is 5.69 Å². The highest BCUT2D eigenvalue weighted by Crippen LogP contribution is 2.25. The predicted octanol–water partition coefficient (Wildman–Crippen LogP) is 2.85. The first-order valence-electron chi connectivity index (χ1n) is 4.88. The molecule has 0 saturated heterocycles. The molecule has 0 aliphatic carbocycles. The van der Waals surface area contributed by atoms with Gasteiger partial charge in [-0.3, -0.25) is 0 Å². The minimum Gasteiger partial charge on any atom is -0.441 e. The standard InChI is InChI=1S/C12H14N2O/c1-7-6-10(13)4-5-11(7)12-14-8(2)9(3)15-12/h4-6H,13H2,1-3H3. The van der Waals surface area contributed by atoms with Crippen molar-refractivity contribution in [1.29, 1.82) is 0 Å². The molecule has 3 heteroatoms. The second kappa shape index (κ2) is 3.42. The average Bonchev–Trinajstić information content (AvgIpc) is 2.46. The van der Waals surface area contributed by atoms with E-state index in [-0.39, 0.29) is 0 Å². The van der Waals surface area contributed by atoms with Crippen LogP contribution in [0, 0.1) is 20.8 Å². The maximum atomic E-state index is 5.69. The highest BCUT2D eigenvalue weighted by atomic mass is 16.4. The maximum absolute atomic E-state index is 5.69. The normalized spacial score (nSPS) is 10.6. The van der Waals surface area contributed by atoms with Gasteiger partial charge in [0, 0.05) is 11.3 Å². The molecule has 78 valence electrons. The van der Waals surface area contributed by atoms with Crippen LogP contribution in [0.1, 0.15) is 17.0 Å². The summed E-state index contributed by atoms with van der Waals surface area (Å²) in [6, 6.07) is 5.72. The molecule has 15 heavy (non-hydrogen) atoms. The number of aromatic nitrogens is 1. The number of nitrogens with zero attached hydrogens (tertiary/aromatic N) is 1. The Bertz CT molecular complexity index is 481. The van der Waals surface area contributed by atoms with Crippen LogP contribution in [0.15, 0.2) is 22.6 Å². The Balaban J connectivity index is 2.54. The SMILES string of the molecule is Cc1cc(N)ccc1-c1nc(C)c(C)o1. The molecule has 0 radical (unpaired) electrons. The van der Waals surface area contributed by atoms with Crippen LogP contribution >= 0.6 is 0 Å². The van der Waals surface area contributed by atoms with Crippen LogP contribution in [0.3, 0.4) is 0 Å². The van der Waals surface area contributed by atoms with Crippen molar-refractivity contribution >= 4 is 5.69 Å². The third-order valence-electron chi connectivity index (χ3n) is 2.51. The number of benzene rings is 1. The van der Waals surface area contributed by atoms with E-state index < -0.39 is 0 Å². The van der Waals surface area contributed by atoms with Crippen molar-refractivity contribution in [2.45, 2.75) is 20.8 Å². The molecule has 0 aliphatic rings. The van der Waals surface area contributed by atoms with Gasteiger partial charge in [-0.05, 0) is 44.5 Å². The molecule has 2 aromatic rings. The Labute approximate surface area is 88.9 Å². The van der Waals surface area contributed by atoms with E-state index in [4.69, 9.17) is 10.2 Å². The number of rotatable bonds is 1. The highest BCUT2D eigenvalue weighted by Gasteiger charge is 2.10. The number of hydrogen-bond donors (Lipinski definition) is 1. The van der Waals surface area contributed by atoms with Crippen LogP contribution in [0.4, 0.5) is 5.69 Å². The van der Waals surface area contributed by atoms with Crippen LogP contribution < -0.4 is 5.73 Å². The summed E-state index contributed by atoms with van der Waals surface area (Å²) in [7, 11) is 0.